The summed E-state index contributed by atoms with van der Waals surface area (Å²) in [6.07, 6.45) is 0.446. The third-order valence-electron chi connectivity index (χ3n) is 2.29. The summed E-state index contributed by atoms with van der Waals surface area (Å²) in [4.78, 5) is 4.19. The van der Waals surface area contributed by atoms with Gasteiger partial charge in [-0.25, -0.2) is 0 Å². The van der Waals surface area contributed by atoms with Crippen molar-refractivity contribution in [2.45, 2.75) is 13.3 Å². The second-order valence-electron chi connectivity index (χ2n) is 3.79. The van der Waals surface area contributed by atoms with Crippen LogP contribution in [-0.2, 0) is 6.42 Å². The zero-order valence-corrected chi connectivity index (χ0v) is 9.29. The molecule has 0 saturated carbocycles. The van der Waals surface area contributed by atoms with Gasteiger partial charge in [-0.1, -0.05) is 5.16 Å². The van der Waals surface area contributed by atoms with E-state index in [2.05, 4.69) is 16.2 Å². The van der Waals surface area contributed by atoms with Crippen LogP contribution in [0.1, 0.15) is 12.8 Å². The van der Waals surface area contributed by atoms with Crippen LogP contribution in [0.2, 0.25) is 0 Å². The second kappa shape index (κ2) is 4.66. The van der Waals surface area contributed by atoms with Crippen molar-refractivity contribution in [1.29, 1.82) is 5.26 Å². The minimum atomic E-state index is -0.150. The first-order valence-corrected chi connectivity index (χ1v) is 5.20. The fraction of sp³-hybridized carbons (Fsp3) is 0.250. The molecule has 0 spiro atoms. The summed E-state index contributed by atoms with van der Waals surface area (Å²) in [6, 6.07) is 8.64. The number of hydrogen-bond acceptors (Lipinski definition) is 5. The number of aromatic hydroxyl groups is 1. The Hall–Kier alpha value is -2.35. The molecule has 0 bridgehead atoms. The molecule has 1 N–H and O–H groups in total. The number of hydrogen-bond donors (Lipinski definition) is 1. The summed E-state index contributed by atoms with van der Waals surface area (Å²) in [5.74, 6) is 0.950. The molecule has 0 aliphatic rings. The van der Waals surface area contributed by atoms with E-state index in [1.807, 2.05) is 0 Å². The number of benzene rings is 1. The van der Waals surface area contributed by atoms with Crippen LogP contribution >= 0.6 is 0 Å². The maximum Gasteiger partial charge on any atom is 0.228 e. The third-order valence-corrected chi connectivity index (χ3v) is 2.29. The third kappa shape index (κ3) is 2.61. The Labute approximate surface area is 98.3 Å². The van der Waals surface area contributed by atoms with Crippen molar-refractivity contribution in [3.8, 4) is 23.2 Å². The van der Waals surface area contributed by atoms with Gasteiger partial charge in [-0.15, -0.1) is 0 Å². The second-order valence-corrected chi connectivity index (χ2v) is 3.79. The molecular weight excluding hydrogens is 218 g/mol. The Morgan fingerprint density at radius 1 is 1.41 bits per heavy atom. The predicted octanol–water partition coefficient (Wildman–Crippen LogP) is 2.14. The summed E-state index contributed by atoms with van der Waals surface area (Å²) in [6.45, 7) is 1.80. The van der Waals surface area contributed by atoms with Crippen molar-refractivity contribution in [3.63, 3.8) is 0 Å². The molecule has 0 aliphatic carbocycles. The van der Waals surface area contributed by atoms with E-state index in [0.717, 1.165) is 5.56 Å². The van der Waals surface area contributed by atoms with Crippen molar-refractivity contribution in [1.82, 2.24) is 10.1 Å². The first-order valence-electron chi connectivity index (χ1n) is 5.20. The molecule has 0 saturated heterocycles. The van der Waals surface area contributed by atoms with Gasteiger partial charge in [0.2, 0.25) is 11.7 Å². The molecule has 1 atom stereocenters. The van der Waals surface area contributed by atoms with Crippen LogP contribution in [0.25, 0.3) is 11.4 Å². The van der Waals surface area contributed by atoms with Crippen molar-refractivity contribution in [2.75, 3.05) is 0 Å². The van der Waals surface area contributed by atoms with E-state index in [0.29, 0.717) is 18.1 Å². The smallest absolute Gasteiger partial charge is 0.228 e. The standard InChI is InChI=1S/C12H11N3O2/c1-8(7-13)6-11-14-12(15-17-11)9-2-4-10(16)5-3-9/h2-5,8,16H,6H2,1H3. The largest absolute Gasteiger partial charge is 0.508 e. The van der Waals surface area contributed by atoms with Gasteiger partial charge in [-0.05, 0) is 31.2 Å². The number of rotatable bonds is 3. The van der Waals surface area contributed by atoms with E-state index in [9.17, 15) is 0 Å². The first kappa shape index (κ1) is 11.1. The summed E-state index contributed by atoms with van der Waals surface area (Å²) >= 11 is 0. The van der Waals surface area contributed by atoms with E-state index in [-0.39, 0.29) is 11.7 Å². The van der Waals surface area contributed by atoms with E-state index in [4.69, 9.17) is 14.9 Å². The zero-order chi connectivity index (χ0) is 12.3. The topological polar surface area (TPSA) is 82.9 Å². The molecule has 0 amide bonds. The van der Waals surface area contributed by atoms with Gasteiger partial charge in [-0.3, -0.25) is 0 Å². The van der Waals surface area contributed by atoms with Gasteiger partial charge in [0.25, 0.3) is 0 Å². The van der Waals surface area contributed by atoms with Crippen molar-refractivity contribution < 1.29 is 9.63 Å². The van der Waals surface area contributed by atoms with Crippen molar-refractivity contribution in [3.05, 3.63) is 30.2 Å². The molecule has 0 fully saturated rings. The normalized spacial score (nSPS) is 12.0. The average molecular weight is 229 g/mol. The minimum absolute atomic E-state index is 0.150. The van der Waals surface area contributed by atoms with E-state index >= 15 is 0 Å². The Morgan fingerprint density at radius 2 is 2.12 bits per heavy atom. The van der Waals surface area contributed by atoms with E-state index in [1.165, 1.54) is 0 Å². The summed E-state index contributed by atoms with van der Waals surface area (Å²) in [5, 5.41) is 21.7. The molecular formula is C12H11N3O2. The molecule has 86 valence electrons. The zero-order valence-electron chi connectivity index (χ0n) is 9.29. The number of phenolic OH excluding ortho intramolecular Hbond substituents is 1. The lowest BCUT2D eigenvalue weighted by Crippen LogP contribution is -1.96. The van der Waals surface area contributed by atoms with Crippen LogP contribution in [-0.4, -0.2) is 15.2 Å². The highest BCUT2D eigenvalue weighted by Crippen LogP contribution is 2.19. The molecule has 1 unspecified atom stereocenters. The van der Waals surface area contributed by atoms with Crippen LogP contribution in [0, 0.1) is 17.2 Å². The Bertz CT molecular complexity index is 540. The van der Waals surface area contributed by atoms with Crippen LogP contribution in [0.5, 0.6) is 5.75 Å². The predicted molar refractivity (Wildman–Crippen MR) is 59.9 cm³/mol. The number of phenols is 1. The van der Waals surface area contributed by atoms with Crippen LogP contribution in [0.4, 0.5) is 0 Å². The molecule has 5 nitrogen and oxygen atoms in total. The van der Waals surface area contributed by atoms with Gasteiger partial charge >= 0.3 is 0 Å². The van der Waals surface area contributed by atoms with Crippen LogP contribution in [0.3, 0.4) is 0 Å². The molecule has 17 heavy (non-hydrogen) atoms. The van der Waals surface area contributed by atoms with Crippen molar-refractivity contribution in [2.24, 2.45) is 5.92 Å². The minimum Gasteiger partial charge on any atom is -0.508 e. The molecule has 5 heteroatoms. The van der Waals surface area contributed by atoms with Crippen LogP contribution < -0.4 is 0 Å². The maximum absolute atomic E-state index is 9.16. The van der Waals surface area contributed by atoms with Gasteiger partial charge in [-0.2, -0.15) is 10.2 Å². The molecule has 1 heterocycles. The first-order chi connectivity index (χ1) is 8.19. The molecule has 1 aromatic carbocycles. The molecule has 2 aromatic rings. The summed E-state index contributed by atoms with van der Waals surface area (Å²) < 4.78 is 5.05. The van der Waals surface area contributed by atoms with Gasteiger partial charge in [0.15, 0.2) is 0 Å². The fourth-order valence-corrected chi connectivity index (χ4v) is 1.37. The SMILES string of the molecule is CC(C#N)Cc1nc(-c2ccc(O)cc2)no1. The number of aromatic nitrogens is 2. The van der Waals surface area contributed by atoms with Crippen LogP contribution in [0.15, 0.2) is 28.8 Å². The van der Waals surface area contributed by atoms with E-state index < -0.39 is 0 Å². The molecule has 0 aliphatic heterocycles. The van der Waals surface area contributed by atoms with Crippen molar-refractivity contribution >= 4 is 0 Å². The lowest BCUT2D eigenvalue weighted by atomic mass is 10.1. The highest BCUT2D eigenvalue weighted by molar-refractivity contribution is 5.55. The molecule has 1 aromatic heterocycles. The maximum atomic E-state index is 9.16. The lowest BCUT2D eigenvalue weighted by molar-refractivity contribution is 0.369. The summed E-state index contributed by atoms with van der Waals surface area (Å²) in [5.41, 5.74) is 0.766. The number of nitrogens with zero attached hydrogens (tertiary/aromatic N) is 3. The highest BCUT2D eigenvalue weighted by atomic mass is 16.5. The molecule has 0 radical (unpaired) electrons. The monoisotopic (exact) mass is 229 g/mol. The quantitative estimate of drug-likeness (QED) is 0.871. The Balaban J connectivity index is 2.18. The average Bonchev–Trinajstić information content (AvgIpc) is 2.78. The van der Waals surface area contributed by atoms with Gasteiger partial charge in [0, 0.05) is 12.0 Å². The number of nitriles is 1. The van der Waals surface area contributed by atoms with E-state index in [1.54, 1.807) is 31.2 Å². The lowest BCUT2D eigenvalue weighted by Gasteiger charge is -1.94. The van der Waals surface area contributed by atoms with Gasteiger partial charge in [0.1, 0.15) is 5.75 Å². The Kier molecular flexibility index (Phi) is 3.06. The summed E-state index contributed by atoms with van der Waals surface area (Å²) in [7, 11) is 0. The van der Waals surface area contributed by atoms with Gasteiger partial charge in [0.05, 0.1) is 12.0 Å². The van der Waals surface area contributed by atoms with Gasteiger partial charge < -0.3 is 9.63 Å². The highest BCUT2D eigenvalue weighted by Gasteiger charge is 2.11. The Morgan fingerprint density at radius 3 is 2.76 bits per heavy atom. The molecule has 2 rings (SSSR count). The fourth-order valence-electron chi connectivity index (χ4n) is 1.37.